The predicted molar refractivity (Wildman–Crippen MR) is 42.6 cm³/mol. The summed E-state index contributed by atoms with van der Waals surface area (Å²) >= 11 is 0. The largest absolute Gasteiger partial charge is 0.481 e. The van der Waals surface area contributed by atoms with Crippen LogP contribution in [0.1, 0.15) is 12.8 Å². The van der Waals surface area contributed by atoms with Crippen LogP contribution in [0.2, 0.25) is 0 Å². The number of aliphatic carboxylic acids is 2. The molecule has 0 spiro atoms. The Morgan fingerprint density at radius 2 is 1.31 bits per heavy atom. The van der Waals surface area contributed by atoms with Crippen LogP contribution in [0.3, 0.4) is 0 Å². The second kappa shape index (κ2) is 14.1. The van der Waals surface area contributed by atoms with E-state index in [2.05, 4.69) is 0 Å². The van der Waals surface area contributed by atoms with E-state index in [1.165, 1.54) is 0 Å². The molecule has 0 aliphatic rings. The van der Waals surface area contributed by atoms with Gasteiger partial charge in [-0.15, -0.1) is 0 Å². The standard InChI is InChI=1S/C3H10N2.C3H4O4.Pt/c4-2-1-3-5;4-2(5)1-3(6)7;/h1-5H2;1H2,(H,4,5)(H,6,7);. The molecule has 0 radical (unpaired) electrons. The summed E-state index contributed by atoms with van der Waals surface area (Å²) in [5.74, 6) is -2.62. The molecule has 0 amide bonds. The van der Waals surface area contributed by atoms with Gasteiger partial charge in [-0.25, -0.2) is 0 Å². The smallest absolute Gasteiger partial charge is 0.314 e. The van der Waals surface area contributed by atoms with Crippen LogP contribution in [0, 0.1) is 0 Å². The van der Waals surface area contributed by atoms with Crippen LogP contribution in [-0.2, 0) is 30.7 Å². The van der Waals surface area contributed by atoms with E-state index in [0.717, 1.165) is 19.5 Å². The van der Waals surface area contributed by atoms with Crippen molar-refractivity contribution < 1.29 is 40.9 Å². The van der Waals surface area contributed by atoms with E-state index in [-0.39, 0.29) is 21.1 Å². The van der Waals surface area contributed by atoms with Gasteiger partial charge in [0.25, 0.3) is 0 Å². The van der Waals surface area contributed by atoms with Crippen LogP contribution in [0.25, 0.3) is 0 Å². The molecule has 82 valence electrons. The van der Waals surface area contributed by atoms with Crippen molar-refractivity contribution >= 4 is 11.9 Å². The molecule has 0 aromatic heterocycles. The summed E-state index contributed by atoms with van der Waals surface area (Å²) in [6.07, 6.45) is 0.139. The van der Waals surface area contributed by atoms with Crippen molar-refractivity contribution in [3.8, 4) is 0 Å². The molecule has 0 heterocycles. The Hall–Kier alpha value is -0.452. The van der Waals surface area contributed by atoms with Crippen LogP contribution >= 0.6 is 0 Å². The van der Waals surface area contributed by atoms with Crippen LogP contribution in [-0.4, -0.2) is 35.2 Å². The minimum absolute atomic E-state index is 0. The number of carboxylic acid groups (broad SMARTS) is 2. The first kappa shape index (κ1) is 18.4. The number of hydrogen-bond donors (Lipinski definition) is 4. The Labute approximate surface area is 90.5 Å². The quantitative estimate of drug-likeness (QED) is 0.461. The second-order valence-corrected chi connectivity index (χ2v) is 1.90. The van der Waals surface area contributed by atoms with E-state index in [9.17, 15) is 9.59 Å². The molecular formula is C6H14N2O4Pt. The molecule has 0 saturated heterocycles. The van der Waals surface area contributed by atoms with Gasteiger partial charge >= 0.3 is 11.9 Å². The number of rotatable bonds is 4. The van der Waals surface area contributed by atoms with Gasteiger partial charge in [-0.2, -0.15) is 0 Å². The van der Waals surface area contributed by atoms with Crippen LogP contribution in [0.5, 0.6) is 0 Å². The van der Waals surface area contributed by atoms with Crippen molar-refractivity contribution in [3.63, 3.8) is 0 Å². The Kier molecular flexibility index (Phi) is 19.9. The molecule has 0 atom stereocenters. The van der Waals surface area contributed by atoms with Gasteiger partial charge in [-0.3, -0.25) is 9.59 Å². The Morgan fingerprint density at radius 1 is 1.00 bits per heavy atom. The van der Waals surface area contributed by atoms with Crippen molar-refractivity contribution in [2.24, 2.45) is 11.5 Å². The van der Waals surface area contributed by atoms with Crippen LogP contribution < -0.4 is 11.5 Å². The van der Waals surface area contributed by atoms with Crippen molar-refractivity contribution in [1.82, 2.24) is 0 Å². The summed E-state index contributed by atoms with van der Waals surface area (Å²) < 4.78 is 0. The van der Waals surface area contributed by atoms with E-state index in [4.69, 9.17) is 21.7 Å². The fourth-order valence-electron chi connectivity index (χ4n) is 0.247. The number of carboxylic acids is 2. The minimum atomic E-state index is -1.31. The van der Waals surface area contributed by atoms with Gasteiger partial charge in [-0.1, -0.05) is 0 Å². The summed E-state index contributed by atoms with van der Waals surface area (Å²) in [6, 6.07) is 0. The summed E-state index contributed by atoms with van der Waals surface area (Å²) in [7, 11) is 0. The van der Waals surface area contributed by atoms with Crippen molar-refractivity contribution in [2.75, 3.05) is 13.1 Å². The molecule has 0 saturated carbocycles. The summed E-state index contributed by atoms with van der Waals surface area (Å²) in [5.41, 5.74) is 10.1. The molecule has 0 bridgehead atoms. The van der Waals surface area contributed by atoms with Crippen LogP contribution in [0.15, 0.2) is 0 Å². The van der Waals surface area contributed by atoms with Crippen molar-refractivity contribution in [2.45, 2.75) is 12.8 Å². The zero-order valence-electron chi connectivity index (χ0n) is 7.01. The van der Waals surface area contributed by atoms with Gasteiger partial charge in [0.15, 0.2) is 0 Å². The average Bonchev–Trinajstić information content (AvgIpc) is 1.87. The molecule has 0 aromatic carbocycles. The summed E-state index contributed by atoms with van der Waals surface area (Å²) in [5, 5.41) is 15.4. The number of carbonyl (C=O) groups is 2. The monoisotopic (exact) mass is 373 g/mol. The normalized spacial score (nSPS) is 7.54. The first-order chi connectivity index (χ1) is 5.54. The van der Waals surface area contributed by atoms with E-state index in [0.29, 0.717) is 0 Å². The molecule has 0 aliphatic heterocycles. The Bertz CT molecular complexity index is 129. The summed E-state index contributed by atoms with van der Waals surface area (Å²) in [6.45, 7) is 1.44. The van der Waals surface area contributed by atoms with Gasteiger partial charge in [0, 0.05) is 21.1 Å². The fourth-order valence-corrected chi connectivity index (χ4v) is 0.247. The van der Waals surface area contributed by atoms with Gasteiger partial charge in [0.1, 0.15) is 6.42 Å². The SMILES string of the molecule is NCCCN.O=C(O)CC(=O)O.[Pt]. The Morgan fingerprint density at radius 3 is 1.31 bits per heavy atom. The van der Waals surface area contributed by atoms with Crippen LogP contribution in [0.4, 0.5) is 0 Å². The average molecular weight is 373 g/mol. The van der Waals surface area contributed by atoms with Gasteiger partial charge < -0.3 is 21.7 Å². The van der Waals surface area contributed by atoms with E-state index >= 15 is 0 Å². The van der Waals surface area contributed by atoms with Gasteiger partial charge in [0.05, 0.1) is 0 Å². The molecule has 0 fully saturated rings. The molecule has 13 heavy (non-hydrogen) atoms. The number of hydrogen-bond acceptors (Lipinski definition) is 4. The predicted octanol–water partition coefficient (Wildman–Crippen LogP) is -1.16. The maximum atomic E-state index is 9.43. The first-order valence-corrected chi connectivity index (χ1v) is 3.38. The molecular weight excluding hydrogens is 359 g/mol. The molecule has 6 nitrogen and oxygen atoms in total. The maximum Gasteiger partial charge on any atom is 0.314 e. The van der Waals surface area contributed by atoms with Crippen molar-refractivity contribution in [1.29, 1.82) is 0 Å². The number of nitrogens with two attached hydrogens (primary N) is 2. The topological polar surface area (TPSA) is 127 Å². The summed E-state index contributed by atoms with van der Waals surface area (Å²) in [4.78, 5) is 18.9. The molecule has 0 rings (SSSR count). The zero-order valence-corrected chi connectivity index (χ0v) is 9.28. The van der Waals surface area contributed by atoms with Gasteiger partial charge in [-0.05, 0) is 19.5 Å². The molecule has 0 aromatic rings. The maximum absolute atomic E-state index is 9.43. The molecule has 7 heteroatoms. The molecule has 0 aliphatic carbocycles. The fraction of sp³-hybridized carbons (Fsp3) is 0.667. The first-order valence-electron chi connectivity index (χ1n) is 3.38. The van der Waals surface area contributed by atoms with E-state index in [1.807, 2.05) is 0 Å². The second-order valence-electron chi connectivity index (χ2n) is 1.90. The third-order valence-corrected chi connectivity index (χ3v) is 0.711. The molecule has 0 unspecified atom stereocenters. The van der Waals surface area contributed by atoms with E-state index in [1.54, 1.807) is 0 Å². The third kappa shape index (κ3) is 34.2. The van der Waals surface area contributed by atoms with Crippen molar-refractivity contribution in [3.05, 3.63) is 0 Å². The zero-order chi connectivity index (χ0) is 9.98. The Balaban J connectivity index is -0.000000150. The van der Waals surface area contributed by atoms with E-state index < -0.39 is 18.4 Å². The third-order valence-electron chi connectivity index (χ3n) is 0.711. The minimum Gasteiger partial charge on any atom is -0.481 e. The van der Waals surface area contributed by atoms with Gasteiger partial charge in [0.2, 0.25) is 0 Å². The molecule has 6 N–H and O–H groups in total.